The molecule has 150 valence electrons. The lowest BCUT2D eigenvalue weighted by Crippen LogP contribution is -2.50. The molecule has 1 atom stereocenters. The summed E-state index contributed by atoms with van der Waals surface area (Å²) < 4.78 is 0. The van der Waals surface area contributed by atoms with Gasteiger partial charge in [0.1, 0.15) is 0 Å². The molecular weight excluding hydrogens is 379 g/mol. The van der Waals surface area contributed by atoms with Crippen LogP contribution in [0.3, 0.4) is 0 Å². The Bertz CT molecular complexity index is 655. The summed E-state index contributed by atoms with van der Waals surface area (Å²) in [5, 5.41) is 4.31. The van der Waals surface area contributed by atoms with Crippen molar-refractivity contribution in [2.24, 2.45) is 10.8 Å². The second kappa shape index (κ2) is 8.31. The zero-order valence-corrected chi connectivity index (χ0v) is 18.3. The zero-order valence-electron chi connectivity index (χ0n) is 16.8. The van der Waals surface area contributed by atoms with E-state index in [2.05, 4.69) is 31.0 Å². The third-order valence-electron chi connectivity index (χ3n) is 6.37. The minimum atomic E-state index is -0.0548. The van der Waals surface area contributed by atoms with E-state index >= 15 is 0 Å². The molecule has 1 spiro atoms. The number of piperidine rings is 1. The third-order valence-corrected chi connectivity index (χ3v) is 6.80. The van der Waals surface area contributed by atoms with Crippen LogP contribution in [0, 0.1) is 10.8 Å². The molecule has 1 unspecified atom stereocenters. The second-order valence-corrected chi connectivity index (χ2v) is 10.5. The van der Waals surface area contributed by atoms with Crippen molar-refractivity contribution >= 4 is 29.1 Å². The van der Waals surface area contributed by atoms with E-state index in [4.69, 9.17) is 23.2 Å². The monoisotopic (exact) mass is 410 g/mol. The van der Waals surface area contributed by atoms with Crippen LogP contribution in [0.1, 0.15) is 69.7 Å². The number of nitrogens with one attached hydrogen (secondary N) is 1. The third kappa shape index (κ3) is 5.40. The zero-order chi connectivity index (χ0) is 19.7. The van der Waals surface area contributed by atoms with E-state index in [1.54, 1.807) is 18.2 Å². The topological polar surface area (TPSA) is 32.3 Å². The van der Waals surface area contributed by atoms with Gasteiger partial charge in [-0.25, -0.2) is 0 Å². The molecule has 3 rings (SSSR count). The lowest BCUT2D eigenvalue weighted by atomic mass is 9.73. The summed E-state index contributed by atoms with van der Waals surface area (Å²) >= 11 is 12.1. The van der Waals surface area contributed by atoms with Gasteiger partial charge in [0, 0.05) is 21.7 Å². The number of halogens is 2. The van der Waals surface area contributed by atoms with Crippen LogP contribution >= 0.6 is 23.2 Å². The normalized spacial score (nSPS) is 22.9. The molecule has 0 radical (unpaired) electrons. The smallest absolute Gasteiger partial charge is 0.251 e. The number of carbonyl (C=O) groups excluding carboxylic acids is 1. The molecule has 1 aliphatic heterocycles. The molecule has 1 saturated carbocycles. The van der Waals surface area contributed by atoms with Crippen LogP contribution in [0.25, 0.3) is 0 Å². The highest BCUT2D eigenvalue weighted by molar-refractivity contribution is 6.35. The van der Waals surface area contributed by atoms with Crippen molar-refractivity contribution in [1.29, 1.82) is 0 Å². The Balaban J connectivity index is 1.60. The maximum absolute atomic E-state index is 12.8. The minimum absolute atomic E-state index is 0.0548. The van der Waals surface area contributed by atoms with Gasteiger partial charge in [0.25, 0.3) is 5.91 Å². The van der Waals surface area contributed by atoms with Crippen molar-refractivity contribution in [1.82, 2.24) is 10.2 Å². The number of nitrogens with zero attached hydrogens (tertiary/aromatic N) is 1. The number of carbonyl (C=O) groups is 1. The summed E-state index contributed by atoms with van der Waals surface area (Å²) in [7, 11) is 0. The van der Waals surface area contributed by atoms with Gasteiger partial charge in [-0.1, -0.05) is 50.4 Å². The maximum Gasteiger partial charge on any atom is 0.251 e. The number of rotatable bonds is 4. The Kier molecular flexibility index (Phi) is 6.45. The second-order valence-electron chi connectivity index (χ2n) is 9.59. The predicted molar refractivity (Wildman–Crippen MR) is 114 cm³/mol. The van der Waals surface area contributed by atoms with E-state index in [0.29, 0.717) is 21.0 Å². The lowest BCUT2D eigenvalue weighted by molar-refractivity contribution is 0.0672. The summed E-state index contributed by atoms with van der Waals surface area (Å²) in [5.41, 5.74) is 1.20. The van der Waals surface area contributed by atoms with Crippen LogP contribution in [0.4, 0.5) is 0 Å². The van der Waals surface area contributed by atoms with Gasteiger partial charge in [0.2, 0.25) is 0 Å². The van der Waals surface area contributed by atoms with Crippen LogP contribution in [0.15, 0.2) is 18.2 Å². The molecule has 1 saturated heterocycles. The fraction of sp³-hybridized carbons (Fsp3) is 0.682. The highest BCUT2D eigenvalue weighted by Gasteiger charge is 2.45. The number of hydrogen-bond acceptors (Lipinski definition) is 2. The summed E-state index contributed by atoms with van der Waals surface area (Å²) in [6.45, 7) is 10.4. The Morgan fingerprint density at radius 2 is 1.78 bits per heavy atom. The summed E-state index contributed by atoms with van der Waals surface area (Å²) in [6.07, 6.45) is 7.08. The van der Waals surface area contributed by atoms with Crippen molar-refractivity contribution < 1.29 is 4.79 Å². The highest BCUT2D eigenvalue weighted by atomic mass is 35.5. The van der Waals surface area contributed by atoms with Gasteiger partial charge in [-0.2, -0.15) is 0 Å². The molecule has 27 heavy (non-hydrogen) atoms. The molecule has 3 nitrogen and oxygen atoms in total. The fourth-order valence-corrected chi connectivity index (χ4v) is 5.13. The van der Waals surface area contributed by atoms with E-state index in [1.165, 1.54) is 38.6 Å². The molecular formula is C22H32Cl2N2O. The molecule has 0 aromatic heterocycles. The number of likely N-dealkylation sites (tertiary alicyclic amines) is 1. The number of benzene rings is 1. The first kappa shape index (κ1) is 21.0. The van der Waals surface area contributed by atoms with Crippen LogP contribution in [0.2, 0.25) is 10.0 Å². The SMILES string of the molecule is CC(C)(C)CCN1CCC2(CCCC2NC(=O)c2cc(Cl)cc(Cl)c2)CC1. The molecule has 1 heterocycles. The number of hydrogen-bond donors (Lipinski definition) is 1. The standard InChI is InChI=1S/C22H32Cl2N2O/c1-21(2,3)7-10-26-11-8-22(9-12-26)6-4-5-19(22)25-20(27)16-13-17(23)15-18(24)14-16/h13-15,19H,4-12H2,1-3H3,(H,25,27). The first-order valence-electron chi connectivity index (χ1n) is 10.2. The van der Waals surface area contributed by atoms with Gasteiger partial charge in [-0.15, -0.1) is 0 Å². The molecule has 1 aromatic carbocycles. The van der Waals surface area contributed by atoms with E-state index in [0.717, 1.165) is 19.5 Å². The first-order chi connectivity index (χ1) is 12.7. The van der Waals surface area contributed by atoms with Crippen molar-refractivity contribution in [2.45, 2.75) is 65.3 Å². The number of amides is 1. The summed E-state index contributed by atoms with van der Waals surface area (Å²) in [6, 6.07) is 5.30. The molecule has 1 N–H and O–H groups in total. The average Bonchev–Trinajstić information content (AvgIpc) is 2.95. The Labute approximate surface area is 173 Å². The van der Waals surface area contributed by atoms with Crippen LogP contribution < -0.4 is 5.32 Å². The summed E-state index contributed by atoms with van der Waals surface area (Å²) in [4.78, 5) is 15.4. The van der Waals surface area contributed by atoms with Gasteiger partial charge < -0.3 is 10.2 Å². The van der Waals surface area contributed by atoms with Crippen LogP contribution in [-0.2, 0) is 0 Å². The van der Waals surface area contributed by atoms with Gasteiger partial charge in [-0.05, 0) is 80.8 Å². The highest BCUT2D eigenvalue weighted by Crippen LogP contribution is 2.46. The Hall–Kier alpha value is -0.770. The first-order valence-corrected chi connectivity index (χ1v) is 10.9. The van der Waals surface area contributed by atoms with Gasteiger partial charge in [-0.3, -0.25) is 4.79 Å². The summed E-state index contributed by atoms with van der Waals surface area (Å²) in [5.74, 6) is -0.0548. The van der Waals surface area contributed by atoms with E-state index in [9.17, 15) is 4.79 Å². The molecule has 2 fully saturated rings. The average molecular weight is 411 g/mol. The molecule has 1 aliphatic carbocycles. The Morgan fingerprint density at radius 3 is 2.37 bits per heavy atom. The van der Waals surface area contributed by atoms with Crippen LogP contribution in [-0.4, -0.2) is 36.5 Å². The molecule has 0 bridgehead atoms. The molecule has 5 heteroatoms. The largest absolute Gasteiger partial charge is 0.349 e. The quantitative estimate of drug-likeness (QED) is 0.680. The van der Waals surface area contributed by atoms with Gasteiger partial charge in [0.15, 0.2) is 0 Å². The lowest BCUT2D eigenvalue weighted by Gasteiger charge is -2.44. The van der Waals surface area contributed by atoms with Crippen molar-refractivity contribution in [3.8, 4) is 0 Å². The van der Waals surface area contributed by atoms with E-state index in [1.807, 2.05) is 0 Å². The Morgan fingerprint density at radius 1 is 1.15 bits per heavy atom. The molecule has 1 amide bonds. The van der Waals surface area contributed by atoms with Crippen molar-refractivity contribution in [2.75, 3.05) is 19.6 Å². The fourth-order valence-electron chi connectivity index (χ4n) is 4.60. The minimum Gasteiger partial charge on any atom is -0.349 e. The molecule has 2 aliphatic rings. The predicted octanol–water partition coefficient (Wildman–Crippen LogP) is 5.79. The molecule has 1 aromatic rings. The maximum atomic E-state index is 12.8. The van der Waals surface area contributed by atoms with Gasteiger partial charge >= 0.3 is 0 Å². The van der Waals surface area contributed by atoms with E-state index in [-0.39, 0.29) is 17.4 Å². The van der Waals surface area contributed by atoms with Crippen molar-refractivity contribution in [3.05, 3.63) is 33.8 Å². The van der Waals surface area contributed by atoms with Crippen LogP contribution in [0.5, 0.6) is 0 Å². The van der Waals surface area contributed by atoms with E-state index < -0.39 is 0 Å². The van der Waals surface area contributed by atoms with Gasteiger partial charge in [0.05, 0.1) is 0 Å². The van der Waals surface area contributed by atoms with Crippen molar-refractivity contribution in [3.63, 3.8) is 0 Å².